The predicted molar refractivity (Wildman–Crippen MR) is 60.5 cm³/mol. The molecule has 0 amide bonds. The van der Waals surface area contributed by atoms with Crippen molar-refractivity contribution >= 4 is 0 Å². The molecular weight excluding hydrogens is 172 g/mol. The van der Waals surface area contributed by atoms with Gasteiger partial charge in [0.15, 0.2) is 0 Å². The molecule has 14 heavy (non-hydrogen) atoms. The summed E-state index contributed by atoms with van der Waals surface area (Å²) in [6, 6.07) is 8.45. The maximum absolute atomic E-state index is 9.41. The van der Waals surface area contributed by atoms with Crippen molar-refractivity contribution in [1.29, 1.82) is 0 Å². The highest BCUT2D eigenvalue weighted by Gasteiger charge is 2.13. The Morgan fingerprint density at radius 3 is 2.43 bits per heavy atom. The number of benzene rings is 1. The van der Waals surface area contributed by atoms with E-state index in [4.69, 9.17) is 0 Å². The van der Waals surface area contributed by atoms with Gasteiger partial charge in [-0.25, -0.2) is 0 Å². The normalized spacial score (nSPS) is 15.1. The van der Waals surface area contributed by atoms with Crippen molar-refractivity contribution in [2.24, 2.45) is 0 Å². The fourth-order valence-electron chi connectivity index (χ4n) is 1.97. The monoisotopic (exact) mass is 192 g/mol. The number of rotatable bonds is 4. The van der Waals surface area contributed by atoms with E-state index in [1.54, 1.807) is 0 Å². The van der Waals surface area contributed by atoms with Crippen LogP contribution in [0.1, 0.15) is 43.7 Å². The van der Waals surface area contributed by atoms with Crippen LogP contribution in [0.25, 0.3) is 0 Å². The Morgan fingerprint density at radius 1 is 1.29 bits per heavy atom. The molecule has 1 N–H and O–H groups in total. The van der Waals surface area contributed by atoms with Crippen LogP contribution in [0, 0.1) is 6.92 Å². The van der Waals surface area contributed by atoms with Crippen molar-refractivity contribution < 1.29 is 5.11 Å². The molecule has 0 saturated carbocycles. The minimum Gasteiger partial charge on any atom is -0.393 e. The second-order valence-corrected chi connectivity index (χ2v) is 4.05. The molecule has 0 spiro atoms. The highest BCUT2D eigenvalue weighted by Crippen LogP contribution is 2.27. The van der Waals surface area contributed by atoms with Crippen LogP contribution in [0.3, 0.4) is 0 Å². The van der Waals surface area contributed by atoms with Crippen molar-refractivity contribution in [3.8, 4) is 0 Å². The van der Waals surface area contributed by atoms with Gasteiger partial charge in [0, 0.05) is 0 Å². The van der Waals surface area contributed by atoms with E-state index in [-0.39, 0.29) is 6.10 Å². The van der Waals surface area contributed by atoms with Crippen molar-refractivity contribution in [2.75, 3.05) is 0 Å². The molecule has 2 unspecified atom stereocenters. The Morgan fingerprint density at radius 2 is 1.93 bits per heavy atom. The van der Waals surface area contributed by atoms with Gasteiger partial charge in [-0.15, -0.1) is 0 Å². The molecule has 1 heteroatoms. The minimum atomic E-state index is -0.209. The summed E-state index contributed by atoms with van der Waals surface area (Å²) >= 11 is 0. The van der Waals surface area contributed by atoms with E-state index in [1.807, 2.05) is 6.92 Å². The first-order valence-electron chi connectivity index (χ1n) is 5.38. The van der Waals surface area contributed by atoms with Crippen LogP contribution in [0.2, 0.25) is 0 Å². The van der Waals surface area contributed by atoms with Crippen LogP contribution in [0.15, 0.2) is 24.3 Å². The topological polar surface area (TPSA) is 20.2 Å². The lowest BCUT2D eigenvalue weighted by atomic mass is 9.88. The van der Waals surface area contributed by atoms with Crippen LogP contribution in [-0.2, 0) is 0 Å². The zero-order chi connectivity index (χ0) is 10.6. The summed E-state index contributed by atoms with van der Waals surface area (Å²) in [5.74, 6) is 0.496. The van der Waals surface area contributed by atoms with Crippen molar-refractivity contribution in [3.05, 3.63) is 35.4 Å². The molecule has 1 nitrogen and oxygen atoms in total. The summed E-state index contributed by atoms with van der Waals surface area (Å²) in [7, 11) is 0. The van der Waals surface area contributed by atoms with Gasteiger partial charge in [-0.2, -0.15) is 0 Å². The van der Waals surface area contributed by atoms with Crippen molar-refractivity contribution in [3.63, 3.8) is 0 Å². The quantitative estimate of drug-likeness (QED) is 0.776. The van der Waals surface area contributed by atoms with Crippen LogP contribution < -0.4 is 0 Å². The molecule has 1 rings (SSSR count). The Hall–Kier alpha value is -0.820. The molecule has 1 aromatic rings. The maximum Gasteiger partial charge on any atom is 0.0517 e. The van der Waals surface area contributed by atoms with Gasteiger partial charge >= 0.3 is 0 Å². The maximum atomic E-state index is 9.41. The van der Waals surface area contributed by atoms with Gasteiger partial charge in [-0.3, -0.25) is 0 Å². The van der Waals surface area contributed by atoms with Gasteiger partial charge in [0.1, 0.15) is 0 Å². The highest BCUT2D eigenvalue weighted by atomic mass is 16.3. The van der Waals surface area contributed by atoms with Crippen LogP contribution in [-0.4, -0.2) is 11.2 Å². The van der Waals surface area contributed by atoms with Crippen LogP contribution in [0.5, 0.6) is 0 Å². The molecule has 0 aromatic heterocycles. The molecule has 78 valence electrons. The number of hydrogen-bond acceptors (Lipinski definition) is 1. The summed E-state index contributed by atoms with van der Waals surface area (Å²) in [6.45, 7) is 6.18. The van der Waals surface area contributed by atoms with Crippen molar-refractivity contribution in [1.82, 2.24) is 0 Å². The summed E-state index contributed by atoms with van der Waals surface area (Å²) < 4.78 is 0. The van der Waals surface area contributed by atoms with Crippen LogP contribution >= 0.6 is 0 Å². The Bertz CT molecular complexity index is 278. The number of aliphatic hydroxyl groups excluding tert-OH is 1. The van der Waals surface area contributed by atoms with Crippen molar-refractivity contribution in [2.45, 2.75) is 45.6 Å². The lowest BCUT2D eigenvalue weighted by molar-refractivity contribution is 0.173. The fourth-order valence-corrected chi connectivity index (χ4v) is 1.97. The first-order chi connectivity index (χ1) is 6.65. The van der Waals surface area contributed by atoms with Crippen LogP contribution in [0.4, 0.5) is 0 Å². The summed E-state index contributed by atoms with van der Waals surface area (Å²) in [5, 5.41) is 9.41. The first-order valence-corrected chi connectivity index (χ1v) is 5.38. The van der Waals surface area contributed by atoms with Gasteiger partial charge in [0.25, 0.3) is 0 Å². The summed E-state index contributed by atoms with van der Waals surface area (Å²) in [4.78, 5) is 0. The van der Waals surface area contributed by atoms with E-state index in [1.165, 1.54) is 11.1 Å². The Balaban J connectivity index is 2.83. The zero-order valence-electron chi connectivity index (χ0n) is 9.33. The first kappa shape index (κ1) is 11.3. The fraction of sp³-hybridized carbons (Fsp3) is 0.538. The van der Waals surface area contributed by atoms with Gasteiger partial charge in [-0.1, -0.05) is 31.2 Å². The number of aliphatic hydroxyl groups is 1. The largest absolute Gasteiger partial charge is 0.393 e. The lowest BCUT2D eigenvalue weighted by Crippen LogP contribution is -2.09. The molecule has 1 aromatic carbocycles. The molecule has 0 aliphatic rings. The number of hydrogen-bond donors (Lipinski definition) is 1. The number of aryl methyl sites for hydroxylation is 1. The molecular formula is C13H20O. The third kappa shape index (κ3) is 2.85. The molecule has 0 radical (unpaired) electrons. The van der Waals surface area contributed by atoms with Gasteiger partial charge < -0.3 is 5.11 Å². The molecule has 2 atom stereocenters. The molecule has 0 saturated heterocycles. The highest BCUT2D eigenvalue weighted by molar-refractivity contribution is 5.29. The van der Waals surface area contributed by atoms with Gasteiger partial charge in [-0.05, 0) is 43.7 Å². The SMILES string of the molecule is CCC(CC(C)O)c1ccccc1C. The lowest BCUT2D eigenvalue weighted by Gasteiger charge is -2.19. The minimum absolute atomic E-state index is 0.209. The average Bonchev–Trinajstić information content (AvgIpc) is 2.15. The predicted octanol–water partition coefficient (Wildman–Crippen LogP) is 3.26. The Kier molecular flexibility index (Phi) is 4.15. The van der Waals surface area contributed by atoms with E-state index in [2.05, 4.69) is 38.1 Å². The molecule has 0 aliphatic heterocycles. The molecule has 0 heterocycles. The summed E-state index contributed by atoms with van der Waals surface area (Å²) in [5.41, 5.74) is 2.72. The third-order valence-corrected chi connectivity index (χ3v) is 2.75. The van der Waals surface area contributed by atoms with E-state index in [9.17, 15) is 5.11 Å². The molecule has 0 fully saturated rings. The van der Waals surface area contributed by atoms with E-state index in [0.717, 1.165) is 12.8 Å². The summed E-state index contributed by atoms with van der Waals surface area (Å²) in [6.07, 6.45) is 1.75. The van der Waals surface area contributed by atoms with Gasteiger partial charge in [0.2, 0.25) is 0 Å². The second kappa shape index (κ2) is 5.16. The van der Waals surface area contributed by atoms with E-state index >= 15 is 0 Å². The Labute approximate surface area is 86.8 Å². The van der Waals surface area contributed by atoms with Gasteiger partial charge in [0.05, 0.1) is 6.10 Å². The van der Waals surface area contributed by atoms with E-state index in [0.29, 0.717) is 5.92 Å². The smallest absolute Gasteiger partial charge is 0.0517 e. The molecule has 0 aliphatic carbocycles. The standard InChI is InChI=1S/C13H20O/c1-4-12(9-11(3)14)13-8-6-5-7-10(13)2/h5-8,11-12,14H,4,9H2,1-3H3. The average molecular weight is 192 g/mol. The third-order valence-electron chi connectivity index (χ3n) is 2.75. The van der Waals surface area contributed by atoms with E-state index < -0.39 is 0 Å². The second-order valence-electron chi connectivity index (χ2n) is 4.05. The zero-order valence-corrected chi connectivity index (χ0v) is 9.33. The molecule has 0 bridgehead atoms.